The molecule has 4 rings (SSSR count). The molecule has 1 aromatic carbocycles. The van der Waals surface area contributed by atoms with Crippen molar-refractivity contribution in [3.05, 3.63) is 53.9 Å². The monoisotopic (exact) mass is 354 g/mol. The number of nitrogens with one attached hydrogen (secondary N) is 2. The van der Waals surface area contributed by atoms with Gasteiger partial charge in [-0.2, -0.15) is 5.10 Å². The van der Waals surface area contributed by atoms with E-state index in [1.807, 2.05) is 5.32 Å². The van der Waals surface area contributed by atoms with Gasteiger partial charge in [0.25, 0.3) is 5.91 Å². The summed E-state index contributed by atoms with van der Waals surface area (Å²) in [4.78, 5) is 22.0. The van der Waals surface area contributed by atoms with Gasteiger partial charge in [0.15, 0.2) is 5.82 Å². The average molecular weight is 354 g/mol. The van der Waals surface area contributed by atoms with Crippen LogP contribution < -0.4 is 15.5 Å². The number of carbonyl (C=O) groups excluding carboxylic acids is 1. The molecule has 0 radical (unpaired) electrons. The van der Waals surface area contributed by atoms with Crippen molar-refractivity contribution in [3.63, 3.8) is 0 Å². The number of aryl methyl sites for hydroxylation is 1. The van der Waals surface area contributed by atoms with Crippen molar-refractivity contribution in [2.45, 2.75) is 13.4 Å². The maximum absolute atomic E-state index is 12.5. The maximum atomic E-state index is 12.5. The van der Waals surface area contributed by atoms with E-state index in [4.69, 9.17) is 6.85 Å². The van der Waals surface area contributed by atoms with E-state index in [0.717, 1.165) is 0 Å². The number of nitrogens with zero attached hydrogens (tertiary/aromatic N) is 5. The first-order chi connectivity index (χ1) is 14.5. The summed E-state index contributed by atoms with van der Waals surface area (Å²) in [5.74, 6) is -0.201. The molecule has 1 amide bonds. The number of para-hydroxylation sites is 1. The molecule has 0 atom stereocenters. The third-order valence-electron chi connectivity index (χ3n) is 4.01. The van der Waals surface area contributed by atoms with E-state index in [1.54, 1.807) is 32.2 Å². The summed E-state index contributed by atoms with van der Waals surface area (Å²) in [6.45, 7) is -2.89. The van der Waals surface area contributed by atoms with Crippen molar-refractivity contribution in [2.24, 2.45) is 0 Å². The second kappa shape index (κ2) is 6.14. The van der Waals surface area contributed by atoms with Crippen molar-refractivity contribution in [1.82, 2.24) is 25.1 Å². The van der Waals surface area contributed by atoms with Gasteiger partial charge in [0.2, 0.25) is 0 Å². The quantitative estimate of drug-likeness (QED) is 0.748. The zero-order valence-corrected chi connectivity index (χ0v) is 14.1. The Hall–Kier alpha value is -3.42. The van der Waals surface area contributed by atoms with Crippen LogP contribution in [0.2, 0.25) is 0 Å². The van der Waals surface area contributed by atoms with E-state index < -0.39 is 19.4 Å². The van der Waals surface area contributed by atoms with E-state index in [2.05, 4.69) is 20.4 Å². The molecule has 1 aliphatic heterocycles. The predicted octanol–water partition coefficient (Wildman–Crippen LogP) is 2.02. The minimum Gasteiger partial charge on any atom is -0.364 e. The second-order valence-electron chi connectivity index (χ2n) is 5.74. The van der Waals surface area contributed by atoms with Crippen LogP contribution >= 0.6 is 0 Å². The van der Waals surface area contributed by atoms with Crippen LogP contribution in [0.15, 0.2) is 36.7 Å². The maximum Gasteiger partial charge on any atom is 0.254 e. The van der Waals surface area contributed by atoms with Crippen molar-refractivity contribution in [1.29, 1.82) is 0 Å². The van der Waals surface area contributed by atoms with Gasteiger partial charge in [0, 0.05) is 30.5 Å². The first kappa shape index (κ1) is 11.2. The Bertz CT molecular complexity index is 1170. The fourth-order valence-electron chi connectivity index (χ4n) is 2.91. The molecule has 0 saturated carbocycles. The molecule has 3 aromatic rings. The second-order valence-corrected chi connectivity index (χ2v) is 5.74. The Balaban J connectivity index is 1.80. The van der Waals surface area contributed by atoms with E-state index in [0.29, 0.717) is 28.6 Å². The van der Waals surface area contributed by atoms with Crippen LogP contribution in [0.1, 0.15) is 28.9 Å². The van der Waals surface area contributed by atoms with E-state index >= 15 is 0 Å². The summed E-state index contributed by atoms with van der Waals surface area (Å²) in [6, 6.07) is 6.82. The zero-order chi connectivity index (χ0) is 22.6. The molecule has 26 heavy (non-hydrogen) atoms. The number of benzene rings is 1. The molecular weight excluding hydrogens is 330 g/mol. The number of aromatic nitrogens is 4. The molecule has 2 aromatic heterocycles. The lowest BCUT2D eigenvalue weighted by Gasteiger charge is -2.29. The minimum absolute atomic E-state index is 0.0370. The zero-order valence-electron chi connectivity index (χ0n) is 19.1. The molecule has 0 saturated heterocycles. The normalized spacial score (nSPS) is 17.6. The van der Waals surface area contributed by atoms with Gasteiger partial charge in [-0.15, -0.1) is 0 Å². The Morgan fingerprint density at radius 1 is 1.35 bits per heavy atom. The highest BCUT2D eigenvalue weighted by Crippen LogP contribution is 2.38. The standard InChI is InChI=1S/C18H19N7O/c1-11-21-16-10-24(3)17-14(5-4-6-15(17)25(16)23-11)22-13-7-8-20-9-12(13)18(26)19-2/h4-9H,10H2,1-3H3,(H,19,26)(H,20,22)/i2D3,10D2. The Labute approximate surface area is 157 Å². The molecule has 0 unspecified atom stereocenters. The number of carbonyl (C=O) groups is 1. The van der Waals surface area contributed by atoms with Gasteiger partial charge in [-0.25, -0.2) is 9.67 Å². The summed E-state index contributed by atoms with van der Waals surface area (Å²) >= 11 is 0. The highest BCUT2D eigenvalue weighted by Gasteiger charge is 2.25. The van der Waals surface area contributed by atoms with E-state index in [9.17, 15) is 4.79 Å². The third kappa shape index (κ3) is 2.55. The summed E-state index contributed by atoms with van der Waals surface area (Å²) in [5, 5.41) is 9.40. The first-order valence-corrected chi connectivity index (χ1v) is 7.84. The lowest BCUT2D eigenvalue weighted by Crippen LogP contribution is -2.27. The predicted molar refractivity (Wildman–Crippen MR) is 99.1 cm³/mol. The molecule has 8 nitrogen and oxygen atoms in total. The number of anilines is 3. The number of hydrogen-bond donors (Lipinski definition) is 2. The van der Waals surface area contributed by atoms with Gasteiger partial charge in [-0.3, -0.25) is 9.78 Å². The number of hydrogen-bond acceptors (Lipinski definition) is 6. The number of amides is 1. The van der Waals surface area contributed by atoms with Gasteiger partial charge in [-0.1, -0.05) is 6.07 Å². The van der Waals surface area contributed by atoms with Crippen LogP contribution in [0.4, 0.5) is 17.1 Å². The van der Waals surface area contributed by atoms with Crippen LogP contribution in [-0.2, 0) is 6.50 Å². The number of rotatable bonds is 3. The molecule has 0 spiro atoms. The smallest absolute Gasteiger partial charge is 0.254 e. The van der Waals surface area contributed by atoms with Crippen molar-refractivity contribution < 1.29 is 11.6 Å². The molecule has 2 N–H and O–H groups in total. The minimum atomic E-state index is -2.65. The fourth-order valence-corrected chi connectivity index (χ4v) is 2.91. The number of pyridine rings is 1. The van der Waals surface area contributed by atoms with Crippen LogP contribution in [0.3, 0.4) is 0 Å². The summed E-state index contributed by atoms with van der Waals surface area (Å²) in [5.41, 5.74) is 1.97. The summed E-state index contributed by atoms with van der Waals surface area (Å²) in [7, 11) is 1.60. The van der Waals surface area contributed by atoms with Crippen molar-refractivity contribution in [3.8, 4) is 5.69 Å². The average Bonchev–Trinajstić information content (AvgIpc) is 3.08. The Morgan fingerprint density at radius 2 is 2.23 bits per heavy atom. The SMILES string of the molecule is [2H]C([2H])([2H])NC(=O)c1cnccc1Nc1cccc2c1N(C)C([2H])([2H])c1nc(C)nn1-2. The van der Waals surface area contributed by atoms with Gasteiger partial charge < -0.3 is 15.5 Å². The van der Waals surface area contributed by atoms with Gasteiger partial charge in [0.05, 0.1) is 37.6 Å². The summed E-state index contributed by atoms with van der Waals surface area (Å²) < 4.78 is 40.4. The van der Waals surface area contributed by atoms with Gasteiger partial charge in [-0.05, 0) is 25.1 Å². The van der Waals surface area contributed by atoms with Crippen molar-refractivity contribution in [2.75, 3.05) is 24.2 Å². The topological polar surface area (TPSA) is 88.0 Å². The van der Waals surface area contributed by atoms with E-state index in [-0.39, 0.29) is 11.4 Å². The molecular formula is C18H19N7O. The molecule has 8 heteroatoms. The highest BCUT2D eigenvalue weighted by atomic mass is 16.1. The van der Waals surface area contributed by atoms with Crippen LogP contribution in [0.25, 0.3) is 5.69 Å². The van der Waals surface area contributed by atoms with Crippen LogP contribution in [0, 0.1) is 6.92 Å². The molecule has 0 bridgehead atoms. The lowest BCUT2D eigenvalue weighted by molar-refractivity contribution is 0.0963. The van der Waals surface area contributed by atoms with E-state index in [1.165, 1.54) is 28.0 Å². The largest absolute Gasteiger partial charge is 0.364 e. The van der Waals surface area contributed by atoms with Gasteiger partial charge >= 0.3 is 0 Å². The fraction of sp³-hybridized carbons (Fsp3) is 0.222. The molecule has 3 heterocycles. The van der Waals surface area contributed by atoms with Crippen LogP contribution in [-0.4, -0.2) is 39.7 Å². The molecule has 132 valence electrons. The Morgan fingerprint density at radius 3 is 3.08 bits per heavy atom. The highest BCUT2D eigenvalue weighted by molar-refractivity contribution is 6.00. The van der Waals surface area contributed by atoms with Crippen molar-refractivity contribution >= 4 is 23.0 Å². The Kier molecular flexibility index (Phi) is 2.66. The molecule has 0 fully saturated rings. The summed E-state index contributed by atoms with van der Waals surface area (Å²) in [6.07, 6.45) is 2.73. The first-order valence-electron chi connectivity index (χ1n) is 10.3. The van der Waals surface area contributed by atoms with Gasteiger partial charge in [0.1, 0.15) is 5.82 Å². The number of fused-ring (bicyclic) bond motifs is 3. The molecule has 0 aliphatic carbocycles. The lowest BCUT2D eigenvalue weighted by atomic mass is 10.1. The molecule has 1 aliphatic rings. The van der Waals surface area contributed by atoms with Crippen LogP contribution in [0.5, 0.6) is 0 Å². The third-order valence-corrected chi connectivity index (χ3v) is 4.01.